The number of aromatic nitrogens is 2. The molecule has 0 unspecified atom stereocenters. The fourth-order valence-electron chi connectivity index (χ4n) is 2.30. The van der Waals surface area contributed by atoms with Crippen LogP contribution < -0.4 is 5.32 Å². The highest BCUT2D eigenvalue weighted by atomic mass is 16.5. The summed E-state index contributed by atoms with van der Waals surface area (Å²) in [7, 11) is 1.70. The van der Waals surface area contributed by atoms with Crippen molar-refractivity contribution in [2.24, 2.45) is 0 Å². The molecular weight excluding hydrogens is 230 g/mol. The molecular formula is C13H21N3O2. The minimum atomic E-state index is -0.176. The van der Waals surface area contributed by atoms with Gasteiger partial charge < -0.3 is 15.0 Å². The summed E-state index contributed by atoms with van der Waals surface area (Å²) >= 11 is 0. The van der Waals surface area contributed by atoms with E-state index >= 15 is 0 Å². The van der Waals surface area contributed by atoms with E-state index in [0.29, 0.717) is 13.0 Å². The molecule has 1 aromatic rings. The van der Waals surface area contributed by atoms with Crippen LogP contribution in [0.2, 0.25) is 0 Å². The third-order valence-corrected chi connectivity index (χ3v) is 3.65. The van der Waals surface area contributed by atoms with Gasteiger partial charge >= 0.3 is 0 Å². The van der Waals surface area contributed by atoms with Gasteiger partial charge in [-0.05, 0) is 25.7 Å². The normalized spacial score (nSPS) is 17.2. The molecule has 1 aliphatic carbocycles. The van der Waals surface area contributed by atoms with Crippen LogP contribution in [0.3, 0.4) is 0 Å². The van der Waals surface area contributed by atoms with Gasteiger partial charge in [0.1, 0.15) is 5.82 Å². The highest BCUT2D eigenvalue weighted by Crippen LogP contribution is 2.37. The number of rotatable bonds is 7. The van der Waals surface area contributed by atoms with Gasteiger partial charge in [0.05, 0.1) is 12.0 Å². The number of nitrogens with one attached hydrogen (secondary N) is 2. The van der Waals surface area contributed by atoms with Gasteiger partial charge in [-0.2, -0.15) is 0 Å². The van der Waals surface area contributed by atoms with Gasteiger partial charge in [-0.25, -0.2) is 4.98 Å². The molecule has 5 nitrogen and oxygen atoms in total. The Kier molecular flexibility index (Phi) is 4.36. The summed E-state index contributed by atoms with van der Waals surface area (Å²) in [5.41, 5.74) is -0.176. The fourth-order valence-corrected chi connectivity index (χ4v) is 2.30. The van der Waals surface area contributed by atoms with E-state index in [1.165, 1.54) is 6.42 Å². The number of ether oxygens (including phenoxy) is 1. The fraction of sp³-hybridized carbons (Fsp3) is 0.692. The highest BCUT2D eigenvalue weighted by Gasteiger charge is 2.38. The van der Waals surface area contributed by atoms with Gasteiger partial charge in [0.25, 0.3) is 0 Å². The Labute approximate surface area is 107 Å². The summed E-state index contributed by atoms with van der Waals surface area (Å²) in [5.74, 6) is 1.06. The largest absolute Gasteiger partial charge is 0.378 e. The van der Waals surface area contributed by atoms with Gasteiger partial charge in [0, 0.05) is 32.5 Å². The zero-order valence-electron chi connectivity index (χ0n) is 10.9. The van der Waals surface area contributed by atoms with Crippen LogP contribution in [0.5, 0.6) is 0 Å². The van der Waals surface area contributed by atoms with Crippen molar-refractivity contribution in [3.05, 3.63) is 18.2 Å². The average molecular weight is 251 g/mol. The van der Waals surface area contributed by atoms with E-state index in [-0.39, 0.29) is 11.5 Å². The first-order chi connectivity index (χ1) is 8.74. The molecule has 0 aromatic carbocycles. The van der Waals surface area contributed by atoms with Crippen LogP contribution in [-0.2, 0) is 16.0 Å². The number of amides is 1. The lowest BCUT2D eigenvalue weighted by molar-refractivity contribution is -0.134. The number of carbonyl (C=O) groups is 1. The maximum Gasteiger partial charge on any atom is 0.222 e. The third-order valence-electron chi connectivity index (χ3n) is 3.65. The number of aromatic amines is 1. The van der Waals surface area contributed by atoms with Crippen molar-refractivity contribution in [1.82, 2.24) is 15.3 Å². The molecule has 0 saturated heterocycles. The summed E-state index contributed by atoms with van der Waals surface area (Å²) < 4.78 is 5.43. The Balaban J connectivity index is 1.60. The number of nitrogens with zero attached hydrogens (tertiary/aromatic N) is 1. The monoisotopic (exact) mass is 251 g/mol. The summed E-state index contributed by atoms with van der Waals surface area (Å²) in [6.45, 7) is 0.694. The Morgan fingerprint density at radius 2 is 2.44 bits per heavy atom. The number of imidazole rings is 1. The van der Waals surface area contributed by atoms with Crippen LogP contribution in [0.4, 0.5) is 0 Å². The van der Waals surface area contributed by atoms with E-state index < -0.39 is 0 Å². The zero-order chi connectivity index (χ0) is 12.8. The molecule has 0 atom stereocenters. The summed E-state index contributed by atoms with van der Waals surface area (Å²) in [6.07, 6.45) is 8.98. The molecule has 2 rings (SSSR count). The summed E-state index contributed by atoms with van der Waals surface area (Å²) in [4.78, 5) is 18.9. The molecule has 0 bridgehead atoms. The second-order valence-electron chi connectivity index (χ2n) is 4.91. The molecule has 5 heteroatoms. The van der Waals surface area contributed by atoms with Crippen molar-refractivity contribution in [2.75, 3.05) is 13.7 Å². The van der Waals surface area contributed by atoms with Gasteiger partial charge in [-0.3, -0.25) is 4.79 Å². The number of aryl methyl sites for hydroxylation is 1. The predicted octanol–water partition coefficient (Wildman–Crippen LogP) is 1.42. The number of carbonyl (C=O) groups excluding carboxylic acids is 1. The van der Waals surface area contributed by atoms with Gasteiger partial charge in [0.15, 0.2) is 0 Å². The lowest BCUT2D eigenvalue weighted by Gasteiger charge is -2.39. The molecule has 1 aliphatic rings. The quantitative estimate of drug-likeness (QED) is 0.720. The van der Waals surface area contributed by atoms with Gasteiger partial charge in [0.2, 0.25) is 5.91 Å². The number of hydrogen-bond donors (Lipinski definition) is 2. The van der Waals surface area contributed by atoms with E-state index in [9.17, 15) is 4.79 Å². The van der Waals surface area contributed by atoms with Crippen molar-refractivity contribution in [2.45, 2.75) is 44.1 Å². The van der Waals surface area contributed by atoms with Gasteiger partial charge in [-0.15, -0.1) is 0 Å². The molecule has 100 valence electrons. The average Bonchev–Trinajstić information content (AvgIpc) is 2.82. The molecule has 1 amide bonds. The Morgan fingerprint density at radius 1 is 1.61 bits per heavy atom. The number of methoxy groups -OCH3 is 1. The third kappa shape index (κ3) is 3.32. The molecule has 0 aliphatic heterocycles. The smallest absolute Gasteiger partial charge is 0.222 e. The molecule has 1 aromatic heterocycles. The minimum Gasteiger partial charge on any atom is -0.378 e. The number of hydrogen-bond acceptors (Lipinski definition) is 3. The second-order valence-corrected chi connectivity index (χ2v) is 4.91. The molecule has 0 radical (unpaired) electrons. The summed E-state index contributed by atoms with van der Waals surface area (Å²) in [5, 5.41) is 2.94. The van der Waals surface area contributed by atoms with Crippen LogP contribution in [0, 0.1) is 0 Å². The van der Waals surface area contributed by atoms with Crippen molar-refractivity contribution >= 4 is 5.91 Å². The van der Waals surface area contributed by atoms with Crippen molar-refractivity contribution < 1.29 is 9.53 Å². The maximum absolute atomic E-state index is 11.8. The van der Waals surface area contributed by atoms with Crippen LogP contribution in [0.15, 0.2) is 12.4 Å². The molecule has 1 heterocycles. The molecule has 0 spiro atoms. The maximum atomic E-state index is 11.8. The lowest BCUT2D eigenvalue weighted by atomic mass is 9.77. The lowest BCUT2D eigenvalue weighted by Crippen LogP contribution is -2.44. The van der Waals surface area contributed by atoms with Crippen molar-refractivity contribution in [3.63, 3.8) is 0 Å². The standard InChI is InChI=1S/C13H21N3O2/c1-18-13(5-3-6-13)10-12(17)16-7-2-4-11-14-8-9-15-11/h8-9H,2-7,10H2,1H3,(H,14,15)(H,16,17). The predicted molar refractivity (Wildman–Crippen MR) is 68.1 cm³/mol. The topological polar surface area (TPSA) is 67.0 Å². The first-order valence-corrected chi connectivity index (χ1v) is 6.54. The molecule has 1 saturated carbocycles. The Bertz CT molecular complexity index is 366. The van der Waals surface area contributed by atoms with E-state index in [0.717, 1.165) is 31.5 Å². The van der Waals surface area contributed by atoms with E-state index in [1.54, 1.807) is 13.3 Å². The minimum absolute atomic E-state index is 0.0935. The first-order valence-electron chi connectivity index (χ1n) is 6.54. The van der Waals surface area contributed by atoms with E-state index in [4.69, 9.17) is 4.74 Å². The van der Waals surface area contributed by atoms with Crippen molar-refractivity contribution in [3.8, 4) is 0 Å². The molecule has 18 heavy (non-hydrogen) atoms. The summed E-state index contributed by atoms with van der Waals surface area (Å²) in [6, 6.07) is 0. The Hall–Kier alpha value is -1.36. The SMILES string of the molecule is COC1(CC(=O)NCCCc2ncc[nH]2)CCC1. The molecule has 2 N–H and O–H groups in total. The Morgan fingerprint density at radius 3 is 3.00 bits per heavy atom. The van der Waals surface area contributed by atoms with Crippen LogP contribution in [-0.4, -0.2) is 35.1 Å². The van der Waals surface area contributed by atoms with E-state index in [1.807, 2.05) is 6.20 Å². The van der Waals surface area contributed by atoms with Gasteiger partial charge in [-0.1, -0.05) is 0 Å². The van der Waals surface area contributed by atoms with Crippen molar-refractivity contribution in [1.29, 1.82) is 0 Å². The molecule has 1 fully saturated rings. The van der Waals surface area contributed by atoms with Crippen LogP contribution in [0.1, 0.15) is 37.9 Å². The second kappa shape index (κ2) is 6.00. The zero-order valence-corrected chi connectivity index (χ0v) is 10.9. The van der Waals surface area contributed by atoms with E-state index in [2.05, 4.69) is 15.3 Å². The van der Waals surface area contributed by atoms with Crippen LogP contribution in [0.25, 0.3) is 0 Å². The first kappa shape index (κ1) is 13.1. The highest BCUT2D eigenvalue weighted by molar-refractivity contribution is 5.77. The number of H-pyrrole nitrogens is 1. The van der Waals surface area contributed by atoms with Crippen LogP contribution >= 0.6 is 0 Å².